The van der Waals surface area contributed by atoms with Gasteiger partial charge in [0, 0.05) is 38.9 Å². The quantitative estimate of drug-likeness (QED) is 0.836. The van der Waals surface area contributed by atoms with Crippen LogP contribution in [0.3, 0.4) is 0 Å². The molecule has 1 fully saturated rings. The summed E-state index contributed by atoms with van der Waals surface area (Å²) in [5, 5.41) is 4.73. The zero-order valence-electron chi connectivity index (χ0n) is 14.5. The van der Waals surface area contributed by atoms with Crippen LogP contribution in [0.1, 0.15) is 18.9 Å². The summed E-state index contributed by atoms with van der Waals surface area (Å²) in [6, 6.07) is 1.85. The highest BCUT2D eigenvalue weighted by Crippen LogP contribution is 2.29. The molecule has 3 amide bonds. The van der Waals surface area contributed by atoms with Crippen LogP contribution >= 0.6 is 0 Å². The average molecular weight is 373 g/mol. The van der Waals surface area contributed by atoms with E-state index in [2.05, 4.69) is 15.6 Å². The molecule has 10 heteroatoms. The minimum Gasteiger partial charge on any atom is -0.355 e. The van der Waals surface area contributed by atoms with Gasteiger partial charge in [0.05, 0.1) is 12.1 Å². The number of amides is 3. The Hall–Kier alpha value is -2.36. The van der Waals surface area contributed by atoms with Crippen molar-refractivity contribution in [2.45, 2.75) is 19.5 Å². The molecule has 1 aromatic heterocycles. The first-order valence-corrected chi connectivity index (χ1v) is 8.38. The van der Waals surface area contributed by atoms with Crippen molar-refractivity contribution in [3.63, 3.8) is 0 Å². The minimum atomic E-state index is -4.40. The van der Waals surface area contributed by atoms with Crippen LogP contribution in [0.15, 0.2) is 18.3 Å². The van der Waals surface area contributed by atoms with Gasteiger partial charge in [0.15, 0.2) is 0 Å². The van der Waals surface area contributed by atoms with Crippen molar-refractivity contribution in [2.24, 2.45) is 0 Å². The number of imide groups is 1. The first kappa shape index (κ1) is 20.0. The number of nitrogens with zero attached hydrogens (tertiary/aromatic N) is 3. The van der Waals surface area contributed by atoms with Crippen LogP contribution in [0.25, 0.3) is 0 Å². The summed E-state index contributed by atoms with van der Waals surface area (Å²) in [5.74, 6) is 0.0867. The summed E-state index contributed by atoms with van der Waals surface area (Å²) in [6.07, 6.45) is -2.84. The molecule has 0 aliphatic carbocycles. The Bertz CT molecular complexity index is 621. The second kappa shape index (κ2) is 8.84. The Morgan fingerprint density at radius 1 is 1.19 bits per heavy atom. The molecule has 26 heavy (non-hydrogen) atoms. The van der Waals surface area contributed by atoms with Crippen molar-refractivity contribution in [3.8, 4) is 0 Å². The van der Waals surface area contributed by atoms with Gasteiger partial charge in [-0.05, 0) is 25.5 Å². The van der Waals surface area contributed by atoms with Crippen molar-refractivity contribution in [1.82, 2.24) is 20.5 Å². The number of rotatable bonds is 4. The number of halogens is 3. The monoisotopic (exact) mass is 373 g/mol. The highest BCUT2D eigenvalue weighted by atomic mass is 19.4. The maximum absolute atomic E-state index is 12.6. The van der Waals surface area contributed by atoms with Crippen molar-refractivity contribution in [2.75, 3.05) is 44.2 Å². The number of nitrogens with one attached hydrogen (secondary N) is 2. The summed E-state index contributed by atoms with van der Waals surface area (Å²) in [7, 11) is 0. The summed E-state index contributed by atoms with van der Waals surface area (Å²) >= 11 is 0. The van der Waals surface area contributed by atoms with E-state index in [4.69, 9.17) is 0 Å². The molecule has 0 spiro atoms. The normalized spacial score (nSPS) is 16.1. The number of anilines is 1. The molecular formula is C16H22F3N5O2. The van der Waals surface area contributed by atoms with Gasteiger partial charge >= 0.3 is 12.2 Å². The molecule has 0 unspecified atom stereocenters. The van der Waals surface area contributed by atoms with Crippen molar-refractivity contribution in [3.05, 3.63) is 23.9 Å². The first-order chi connectivity index (χ1) is 12.3. The van der Waals surface area contributed by atoms with Crippen LogP contribution in [0, 0.1) is 0 Å². The zero-order valence-corrected chi connectivity index (χ0v) is 14.5. The van der Waals surface area contributed by atoms with E-state index in [0.717, 1.165) is 18.7 Å². The molecule has 0 bridgehead atoms. The number of alkyl halides is 3. The lowest BCUT2D eigenvalue weighted by atomic mass is 10.2. The maximum Gasteiger partial charge on any atom is 0.417 e. The maximum atomic E-state index is 12.6. The molecule has 2 N–H and O–H groups in total. The predicted octanol–water partition coefficient (Wildman–Crippen LogP) is 1.46. The molecule has 0 aromatic carbocycles. The molecule has 2 heterocycles. The fourth-order valence-electron chi connectivity index (χ4n) is 2.67. The number of aromatic nitrogens is 1. The summed E-state index contributed by atoms with van der Waals surface area (Å²) < 4.78 is 37.8. The Kier molecular flexibility index (Phi) is 6.78. The van der Waals surface area contributed by atoms with E-state index in [1.165, 1.54) is 6.07 Å². The van der Waals surface area contributed by atoms with Crippen molar-refractivity contribution in [1.29, 1.82) is 0 Å². The number of pyridine rings is 1. The fourth-order valence-corrected chi connectivity index (χ4v) is 2.67. The van der Waals surface area contributed by atoms with Crippen molar-refractivity contribution < 1.29 is 22.8 Å². The topological polar surface area (TPSA) is 77.6 Å². The molecule has 0 radical (unpaired) electrons. The van der Waals surface area contributed by atoms with E-state index < -0.39 is 23.7 Å². The van der Waals surface area contributed by atoms with Crippen LogP contribution in [-0.4, -0.2) is 61.1 Å². The minimum absolute atomic E-state index is 0.0887. The SMILES string of the molecule is CCNC(=O)NC(=O)CN1CCCN(c2ccc(C(F)(F)F)cn2)CC1. The van der Waals surface area contributed by atoms with Crippen LogP contribution < -0.4 is 15.5 Å². The molecule has 7 nitrogen and oxygen atoms in total. The molecule has 1 aromatic rings. The molecule has 2 rings (SSSR count). The van der Waals surface area contributed by atoms with Gasteiger partial charge in [0.25, 0.3) is 0 Å². The van der Waals surface area contributed by atoms with Gasteiger partial charge in [0.2, 0.25) is 5.91 Å². The van der Waals surface area contributed by atoms with Gasteiger partial charge in [0.1, 0.15) is 5.82 Å². The number of hydrogen-bond donors (Lipinski definition) is 2. The highest BCUT2D eigenvalue weighted by molar-refractivity contribution is 5.95. The Labute approximate surface area is 149 Å². The summed E-state index contributed by atoms with van der Waals surface area (Å²) in [6.45, 7) is 4.64. The van der Waals surface area contributed by atoms with Gasteiger partial charge in [-0.1, -0.05) is 0 Å². The van der Waals surface area contributed by atoms with E-state index >= 15 is 0 Å². The third-order valence-electron chi connectivity index (χ3n) is 3.95. The lowest BCUT2D eigenvalue weighted by Crippen LogP contribution is -2.45. The number of carbonyl (C=O) groups is 2. The predicted molar refractivity (Wildman–Crippen MR) is 89.7 cm³/mol. The second-order valence-electron chi connectivity index (χ2n) is 5.93. The van der Waals surface area contributed by atoms with Gasteiger partial charge in [-0.15, -0.1) is 0 Å². The van der Waals surface area contributed by atoms with Crippen LogP contribution in [0.2, 0.25) is 0 Å². The number of hydrogen-bond acceptors (Lipinski definition) is 5. The average Bonchev–Trinajstić information content (AvgIpc) is 2.80. The number of carbonyl (C=O) groups excluding carboxylic acids is 2. The Morgan fingerprint density at radius 2 is 1.96 bits per heavy atom. The van der Waals surface area contributed by atoms with Crippen LogP contribution in [0.4, 0.5) is 23.8 Å². The van der Waals surface area contributed by atoms with Crippen LogP contribution in [-0.2, 0) is 11.0 Å². The molecule has 144 valence electrons. The molecule has 1 aliphatic heterocycles. The lowest BCUT2D eigenvalue weighted by Gasteiger charge is -2.22. The molecule has 1 aliphatic rings. The molecular weight excluding hydrogens is 351 g/mol. The first-order valence-electron chi connectivity index (χ1n) is 8.38. The van der Waals surface area contributed by atoms with Gasteiger partial charge in [-0.25, -0.2) is 9.78 Å². The van der Waals surface area contributed by atoms with Crippen LogP contribution in [0.5, 0.6) is 0 Å². The van der Waals surface area contributed by atoms with Gasteiger partial charge < -0.3 is 10.2 Å². The Morgan fingerprint density at radius 3 is 2.58 bits per heavy atom. The smallest absolute Gasteiger partial charge is 0.355 e. The fraction of sp³-hybridized carbons (Fsp3) is 0.562. The van der Waals surface area contributed by atoms with E-state index in [-0.39, 0.29) is 6.54 Å². The molecule has 0 saturated carbocycles. The zero-order chi connectivity index (χ0) is 19.2. The molecule has 0 atom stereocenters. The standard InChI is InChI=1S/C16H22F3N5O2/c1-2-20-15(26)22-14(25)11-23-6-3-7-24(9-8-23)13-5-4-12(10-21-13)16(17,18)19/h4-5,10H,2-3,6-9,11H2,1H3,(H2,20,22,25,26). The second-order valence-corrected chi connectivity index (χ2v) is 5.93. The third kappa shape index (κ3) is 5.87. The van der Waals surface area contributed by atoms with E-state index in [1.54, 1.807) is 6.92 Å². The third-order valence-corrected chi connectivity index (χ3v) is 3.95. The van der Waals surface area contributed by atoms with Gasteiger partial charge in [-0.3, -0.25) is 15.0 Å². The Balaban J connectivity index is 1.87. The number of urea groups is 1. The molecule has 1 saturated heterocycles. The highest BCUT2D eigenvalue weighted by Gasteiger charge is 2.31. The van der Waals surface area contributed by atoms with E-state index in [1.807, 2.05) is 9.80 Å². The van der Waals surface area contributed by atoms with Crippen molar-refractivity contribution >= 4 is 17.8 Å². The largest absolute Gasteiger partial charge is 0.417 e. The lowest BCUT2D eigenvalue weighted by molar-refractivity contribution is -0.137. The van der Waals surface area contributed by atoms with E-state index in [9.17, 15) is 22.8 Å². The summed E-state index contributed by atoms with van der Waals surface area (Å²) in [5.41, 5.74) is -0.778. The van der Waals surface area contributed by atoms with E-state index in [0.29, 0.717) is 38.5 Å². The summed E-state index contributed by atoms with van der Waals surface area (Å²) in [4.78, 5) is 30.9. The van der Waals surface area contributed by atoms with Gasteiger partial charge in [-0.2, -0.15) is 13.2 Å².